The van der Waals surface area contributed by atoms with Crippen LogP contribution in [0.15, 0.2) is 18.2 Å². The van der Waals surface area contributed by atoms with Gasteiger partial charge in [-0.2, -0.15) is 0 Å². The van der Waals surface area contributed by atoms with Gasteiger partial charge in [-0.3, -0.25) is 0 Å². The van der Waals surface area contributed by atoms with Gasteiger partial charge in [0, 0.05) is 19.3 Å². The van der Waals surface area contributed by atoms with Crippen molar-refractivity contribution in [3.05, 3.63) is 34.6 Å². The highest BCUT2D eigenvalue weighted by Gasteiger charge is 2.13. The van der Waals surface area contributed by atoms with Gasteiger partial charge in [-0.25, -0.2) is 4.39 Å². The lowest BCUT2D eigenvalue weighted by molar-refractivity contribution is 0.124. The van der Waals surface area contributed by atoms with Crippen molar-refractivity contribution in [2.45, 2.75) is 45.6 Å². The molecule has 114 valence electrons. The van der Waals surface area contributed by atoms with E-state index in [1.54, 1.807) is 6.07 Å². The van der Waals surface area contributed by atoms with E-state index in [9.17, 15) is 4.39 Å². The largest absolute Gasteiger partial charge is 0.381 e. The minimum Gasteiger partial charge on any atom is -0.381 e. The van der Waals surface area contributed by atoms with E-state index in [4.69, 9.17) is 16.3 Å². The highest BCUT2D eigenvalue weighted by atomic mass is 35.5. The zero-order valence-electron chi connectivity index (χ0n) is 12.4. The van der Waals surface area contributed by atoms with Gasteiger partial charge in [0.2, 0.25) is 0 Å². The Morgan fingerprint density at radius 2 is 2.05 bits per heavy atom. The Kier molecular flexibility index (Phi) is 8.83. The lowest BCUT2D eigenvalue weighted by atomic mass is 10.0. The summed E-state index contributed by atoms with van der Waals surface area (Å²) in [6, 6.07) is 5.26. The summed E-state index contributed by atoms with van der Waals surface area (Å²) in [5.74, 6) is -0.347. The molecular formula is C16H25ClFNO. The molecule has 1 aromatic rings. The summed E-state index contributed by atoms with van der Waals surface area (Å²) < 4.78 is 19.0. The monoisotopic (exact) mass is 301 g/mol. The third kappa shape index (κ3) is 6.21. The molecular weight excluding hydrogens is 277 g/mol. The second-order valence-electron chi connectivity index (χ2n) is 4.97. The van der Waals surface area contributed by atoms with Gasteiger partial charge < -0.3 is 10.1 Å². The maximum absolute atomic E-state index is 13.5. The molecule has 0 amide bonds. The zero-order chi connectivity index (χ0) is 14.8. The summed E-state index contributed by atoms with van der Waals surface area (Å²) in [6.07, 6.45) is 3.74. The van der Waals surface area contributed by atoms with Crippen LogP contribution in [-0.4, -0.2) is 25.8 Å². The van der Waals surface area contributed by atoms with Crippen LogP contribution in [0, 0.1) is 5.82 Å². The van der Waals surface area contributed by atoms with E-state index in [2.05, 4.69) is 19.2 Å². The van der Waals surface area contributed by atoms with Crippen molar-refractivity contribution in [2.75, 3.05) is 19.8 Å². The molecule has 0 radical (unpaired) electrons. The molecule has 1 N–H and O–H groups in total. The van der Waals surface area contributed by atoms with Gasteiger partial charge in [0.1, 0.15) is 5.82 Å². The van der Waals surface area contributed by atoms with Crippen LogP contribution in [0.3, 0.4) is 0 Å². The number of benzene rings is 1. The standard InChI is InChI=1S/C16H25ClFNO/c1-3-9-19-14(8-11-20-10-4-2)12-13-6-5-7-15(18)16(13)17/h5-7,14,19H,3-4,8-12H2,1-2H3. The molecule has 1 aromatic carbocycles. The van der Waals surface area contributed by atoms with Crippen LogP contribution in [0.4, 0.5) is 4.39 Å². The van der Waals surface area contributed by atoms with Crippen LogP contribution in [-0.2, 0) is 11.2 Å². The Morgan fingerprint density at radius 3 is 2.75 bits per heavy atom. The minimum atomic E-state index is -0.347. The molecule has 20 heavy (non-hydrogen) atoms. The van der Waals surface area contributed by atoms with E-state index in [1.165, 1.54) is 6.07 Å². The molecule has 0 aliphatic heterocycles. The molecule has 0 aliphatic carbocycles. The van der Waals surface area contributed by atoms with Crippen LogP contribution in [0.5, 0.6) is 0 Å². The first-order valence-electron chi connectivity index (χ1n) is 7.43. The topological polar surface area (TPSA) is 21.3 Å². The number of hydrogen-bond acceptors (Lipinski definition) is 2. The molecule has 0 fully saturated rings. The second kappa shape index (κ2) is 10.1. The molecule has 0 heterocycles. The van der Waals surface area contributed by atoms with Crippen LogP contribution >= 0.6 is 11.6 Å². The molecule has 1 unspecified atom stereocenters. The predicted molar refractivity (Wildman–Crippen MR) is 82.9 cm³/mol. The van der Waals surface area contributed by atoms with Crippen molar-refractivity contribution in [1.82, 2.24) is 5.32 Å². The molecule has 0 saturated heterocycles. The second-order valence-corrected chi connectivity index (χ2v) is 5.35. The van der Waals surface area contributed by atoms with Gasteiger partial charge in [-0.1, -0.05) is 37.6 Å². The van der Waals surface area contributed by atoms with Gasteiger partial charge in [-0.05, 0) is 43.9 Å². The van der Waals surface area contributed by atoms with Crippen molar-refractivity contribution in [3.63, 3.8) is 0 Å². The minimum absolute atomic E-state index is 0.241. The van der Waals surface area contributed by atoms with Gasteiger partial charge in [0.15, 0.2) is 0 Å². The fourth-order valence-electron chi connectivity index (χ4n) is 2.07. The van der Waals surface area contributed by atoms with E-state index in [0.717, 1.165) is 51.0 Å². The summed E-state index contributed by atoms with van der Waals surface area (Å²) >= 11 is 6.02. The quantitative estimate of drug-likeness (QED) is 0.654. The Balaban J connectivity index is 2.56. The molecule has 1 atom stereocenters. The summed E-state index contributed by atoms with van der Waals surface area (Å²) in [5, 5.41) is 3.72. The Morgan fingerprint density at radius 1 is 1.25 bits per heavy atom. The van der Waals surface area contributed by atoms with Crippen molar-refractivity contribution in [1.29, 1.82) is 0 Å². The van der Waals surface area contributed by atoms with E-state index in [-0.39, 0.29) is 16.9 Å². The lowest BCUT2D eigenvalue weighted by Gasteiger charge is -2.19. The molecule has 2 nitrogen and oxygen atoms in total. The van der Waals surface area contributed by atoms with Crippen LogP contribution in [0.25, 0.3) is 0 Å². The van der Waals surface area contributed by atoms with E-state index in [1.807, 2.05) is 6.07 Å². The predicted octanol–water partition coefficient (Wildman–Crippen LogP) is 4.21. The zero-order valence-corrected chi connectivity index (χ0v) is 13.2. The SMILES string of the molecule is CCCNC(CCOCCC)Cc1cccc(F)c1Cl. The van der Waals surface area contributed by atoms with E-state index >= 15 is 0 Å². The Labute approximate surface area is 126 Å². The molecule has 0 bridgehead atoms. The maximum atomic E-state index is 13.5. The molecule has 0 aromatic heterocycles. The van der Waals surface area contributed by atoms with E-state index < -0.39 is 0 Å². The van der Waals surface area contributed by atoms with Crippen molar-refractivity contribution >= 4 is 11.6 Å². The smallest absolute Gasteiger partial charge is 0.142 e. The van der Waals surface area contributed by atoms with Crippen molar-refractivity contribution < 1.29 is 9.13 Å². The fraction of sp³-hybridized carbons (Fsp3) is 0.625. The molecule has 0 spiro atoms. The number of hydrogen-bond donors (Lipinski definition) is 1. The summed E-state index contributed by atoms with van der Waals surface area (Å²) in [6.45, 7) is 6.70. The maximum Gasteiger partial charge on any atom is 0.142 e. The van der Waals surface area contributed by atoms with Gasteiger partial charge in [-0.15, -0.1) is 0 Å². The van der Waals surface area contributed by atoms with Crippen LogP contribution in [0.1, 0.15) is 38.7 Å². The van der Waals surface area contributed by atoms with E-state index in [0.29, 0.717) is 0 Å². The third-order valence-electron chi connectivity index (χ3n) is 3.14. The molecule has 0 saturated carbocycles. The Hall–Kier alpha value is -0.640. The molecule has 1 rings (SSSR count). The first-order chi connectivity index (χ1) is 9.69. The number of rotatable bonds is 10. The number of nitrogens with one attached hydrogen (secondary N) is 1. The summed E-state index contributed by atoms with van der Waals surface area (Å²) in [4.78, 5) is 0. The van der Waals surface area contributed by atoms with Gasteiger partial charge >= 0.3 is 0 Å². The van der Waals surface area contributed by atoms with Crippen molar-refractivity contribution in [3.8, 4) is 0 Å². The Bertz CT molecular complexity index is 387. The highest BCUT2D eigenvalue weighted by Crippen LogP contribution is 2.21. The third-order valence-corrected chi connectivity index (χ3v) is 3.56. The average molecular weight is 302 g/mol. The summed E-state index contributed by atoms with van der Waals surface area (Å²) in [5.41, 5.74) is 0.857. The first kappa shape index (κ1) is 17.4. The average Bonchev–Trinajstić information content (AvgIpc) is 2.45. The fourth-order valence-corrected chi connectivity index (χ4v) is 2.27. The van der Waals surface area contributed by atoms with Crippen LogP contribution in [0.2, 0.25) is 5.02 Å². The van der Waals surface area contributed by atoms with Gasteiger partial charge in [0.25, 0.3) is 0 Å². The normalized spacial score (nSPS) is 12.6. The first-order valence-corrected chi connectivity index (χ1v) is 7.80. The summed E-state index contributed by atoms with van der Waals surface area (Å²) in [7, 11) is 0. The number of ether oxygens (including phenoxy) is 1. The van der Waals surface area contributed by atoms with Gasteiger partial charge in [0.05, 0.1) is 5.02 Å². The lowest BCUT2D eigenvalue weighted by Crippen LogP contribution is -2.33. The van der Waals surface area contributed by atoms with Crippen LogP contribution < -0.4 is 5.32 Å². The number of halogens is 2. The molecule has 4 heteroatoms. The highest BCUT2D eigenvalue weighted by molar-refractivity contribution is 6.31. The molecule has 0 aliphatic rings. The van der Waals surface area contributed by atoms with Crippen molar-refractivity contribution in [2.24, 2.45) is 0 Å².